The van der Waals surface area contributed by atoms with Crippen LogP contribution in [0.1, 0.15) is 32.6 Å². The second-order valence-electron chi connectivity index (χ2n) is 5.07. The Morgan fingerprint density at radius 1 is 0.955 bits per heavy atom. The molecule has 0 fully saturated rings. The van der Waals surface area contributed by atoms with E-state index in [1.165, 1.54) is 12.1 Å². The molecule has 0 aliphatic carbocycles. The summed E-state index contributed by atoms with van der Waals surface area (Å²) in [5, 5.41) is 18.7. The number of benzene rings is 2. The Bertz CT molecular complexity index is 772. The lowest BCUT2D eigenvalue weighted by atomic mass is 9.95. The van der Waals surface area contributed by atoms with Crippen molar-refractivity contribution in [2.45, 2.75) is 13.8 Å². The van der Waals surface area contributed by atoms with Gasteiger partial charge in [0.05, 0.1) is 11.1 Å². The summed E-state index contributed by atoms with van der Waals surface area (Å²) in [5.74, 6) is -2.17. The van der Waals surface area contributed by atoms with Gasteiger partial charge in [-0.25, -0.2) is 9.59 Å². The van der Waals surface area contributed by atoms with Crippen LogP contribution in [0.5, 0.6) is 0 Å². The van der Waals surface area contributed by atoms with Crippen molar-refractivity contribution in [2.24, 2.45) is 0 Å². The highest BCUT2D eigenvalue weighted by molar-refractivity contribution is 6.21. The van der Waals surface area contributed by atoms with Crippen LogP contribution in [0.3, 0.4) is 0 Å². The van der Waals surface area contributed by atoms with Crippen molar-refractivity contribution in [3.63, 3.8) is 0 Å². The van der Waals surface area contributed by atoms with Crippen molar-refractivity contribution in [3.05, 3.63) is 70.3 Å². The minimum atomic E-state index is -1.09. The van der Waals surface area contributed by atoms with Gasteiger partial charge in [-0.2, -0.15) is 0 Å². The quantitative estimate of drug-likeness (QED) is 0.667. The number of carboxylic acid groups (broad SMARTS) is 2. The van der Waals surface area contributed by atoms with Crippen LogP contribution >= 0.6 is 0 Å². The molecule has 0 aliphatic heterocycles. The summed E-state index contributed by atoms with van der Waals surface area (Å²) in [4.78, 5) is 22.9. The number of aromatic carboxylic acids is 1. The molecule has 0 unspecified atom stereocenters. The molecule has 112 valence electrons. The molecule has 0 amide bonds. The van der Waals surface area contributed by atoms with Crippen LogP contribution in [0.2, 0.25) is 0 Å². The van der Waals surface area contributed by atoms with Crippen molar-refractivity contribution < 1.29 is 19.8 Å². The second-order valence-corrected chi connectivity index (χ2v) is 5.07. The number of aryl methyl sites for hydroxylation is 2. The summed E-state index contributed by atoms with van der Waals surface area (Å²) in [6.45, 7) is 3.71. The van der Waals surface area contributed by atoms with Crippen molar-refractivity contribution in [1.29, 1.82) is 0 Å². The summed E-state index contributed by atoms with van der Waals surface area (Å²) in [6, 6.07) is 11.9. The minimum Gasteiger partial charge on any atom is -0.478 e. The molecule has 0 heterocycles. The highest BCUT2D eigenvalue weighted by atomic mass is 16.4. The van der Waals surface area contributed by atoms with Gasteiger partial charge in [0.2, 0.25) is 0 Å². The van der Waals surface area contributed by atoms with Crippen LogP contribution in [-0.2, 0) is 4.79 Å². The number of carboxylic acids is 2. The molecule has 2 N–H and O–H groups in total. The van der Waals surface area contributed by atoms with E-state index >= 15 is 0 Å². The molecule has 4 nitrogen and oxygen atoms in total. The number of carbonyl (C=O) groups is 2. The van der Waals surface area contributed by atoms with E-state index in [-0.39, 0.29) is 11.1 Å². The lowest BCUT2D eigenvalue weighted by Crippen LogP contribution is -2.04. The number of aliphatic carboxylic acids is 1. The fraction of sp³-hybridized carbons (Fsp3) is 0.111. The summed E-state index contributed by atoms with van der Waals surface area (Å²) in [7, 11) is 0. The molecule has 0 saturated heterocycles. The largest absolute Gasteiger partial charge is 0.478 e. The smallest absolute Gasteiger partial charge is 0.336 e. The SMILES string of the molecule is Cc1ccc(C)c(/C(=C/c2ccccc2C(=O)O)C(=O)O)c1. The standard InChI is InChI=1S/C18H16O4/c1-11-7-8-12(2)15(9-11)16(18(21)22)10-13-5-3-4-6-14(13)17(19)20/h3-10H,1-2H3,(H,19,20)(H,21,22)/b16-10-. The van der Waals surface area contributed by atoms with Crippen LogP contribution < -0.4 is 0 Å². The molecule has 2 rings (SSSR count). The molecule has 4 heteroatoms. The second kappa shape index (κ2) is 6.26. The maximum atomic E-state index is 11.6. The monoisotopic (exact) mass is 296 g/mol. The Labute approximate surface area is 128 Å². The minimum absolute atomic E-state index is 0.0755. The van der Waals surface area contributed by atoms with Gasteiger partial charge in [-0.1, -0.05) is 42.0 Å². The van der Waals surface area contributed by atoms with E-state index in [4.69, 9.17) is 0 Å². The van der Waals surface area contributed by atoms with Gasteiger partial charge in [0.15, 0.2) is 0 Å². The molecule has 0 saturated carbocycles. The normalized spacial score (nSPS) is 11.3. The molecule has 0 aliphatic rings. The van der Waals surface area contributed by atoms with E-state index in [9.17, 15) is 19.8 Å². The highest BCUT2D eigenvalue weighted by Crippen LogP contribution is 2.24. The molecule has 2 aromatic carbocycles. The van der Waals surface area contributed by atoms with Crippen molar-refractivity contribution in [1.82, 2.24) is 0 Å². The molecule has 0 spiro atoms. The predicted octanol–water partition coefficient (Wildman–Crippen LogP) is 3.63. The lowest BCUT2D eigenvalue weighted by molar-refractivity contribution is -0.130. The van der Waals surface area contributed by atoms with E-state index in [1.54, 1.807) is 24.3 Å². The van der Waals surface area contributed by atoms with E-state index in [2.05, 4.69) is 0 Å². The van der Waals surface area contributed by atoms with Gasteiger partial charge < -0.3 is 10.2 Å². The summed E-state index contributed by atoms with van der Waals surface area (Å²) in [6.07, 6.45) is 1.41. The average molecular weight is 296 g/mol. The summed E-state index contributed by atoms with van der Waals surface area (Å²) in [5.41, 5.74) is 2.88. The molecule has 0 atom stereocenters. The zero-order valence-corrected chi connectivity index (χ0v) is 12.3. The van der Waals surface area contributed by atoms with Gasteiger partial charge in [-0.05, 0) is 42.7 Å². The molecule has 0 radical (unpaired) electrons. The van der Waals surface area contributed by atoms with Gasteiger partial charge >= 0.3 is 11.9 Å². The predicted molar refractivity (Wildman–Crippen MR) is 84.8 cm³/mol. The third-order valence-electron chi connectivity index (χ3n) is 3.40. The molecule has 0 aromatic heterocycles. The number of hydrogen-bond donors (Lipinski definition) is 2. The van der Waals surface area contributed by atoms with Crippen molar-refractivity contribution >= 4 is 23.6 Å². The first-order chi connectivity index (χ1) is 10.4. The maximum Gasteiger partial charge on any atom is 0.336 e. The summed E-state index contributed by atoms with van der Waals surface area (Å²) >= 11 is 0. The molecule has 0 bridgehead atoms. The van der Waals surface area contributed by atoms with Crippen LogP contribution in [0.4, 0.5) is 0 Å². The third kappa shape index (κ3) is 3.23. The van der Waals surface area contributed by atoms with E-state index in [0.717, 1.165) is 11.1 Å². The van der Waals surface area contributed by atoms with Crippen molar-refractivity contribution in [2.75, 3.05) is 0 Å². The van der Waals surface area contributed by atoms with E-state index < -0.39 is 11.9 Å². The van der Waals surface area contributed by atoms with Crippen molar-refractivity contribution in [3.8, 4) is 0 Å². The van der Waals surface area contributed by atoms with Gasteiger partial charge in [0.25, 0.3) is 0 Å². The Hall–Kier alpha value is -2.88. The first-order valence-corrected chi connectivity index (χ1v) is 6.75. The zero-order chi connectivity index (χ0) is 16.3. The van der Waals surface area contributed by atoms with Crippen LogP contribution in [-0.4, -0.2) is 22.2 Å². The first kappa shape index (κ1) is 15.5. The first-order valence-electron chi connectivity index (χ1n) is 6.75. The Balaban J connectivity index is 2.66. The maximum absolute atomic E-state index is 11.6. The van der Waals surface area contributed by atoms with Gasteiger partial charge in [-0.3, -0.25) is 0 Å². The zero-order valence-electron chi connectivity index (χ0n) is 12.3. The van der Waals surface area contributed by atoms with Gasteiger partial charge in [0, 0.05) is 0 Å². The highest BCUT2D eigenvalue weighted by Gasteiger charge is 2.15. The Morgan fingerprint density at radius 3 is 2.27 bits per heavy atom. The Morgan fingerprint density at radius 2 is 1.64 bits per heavy atom. The van der Waals surface area contributed by atoms with E-state index in [0.29, 0.717) is 11.1 Å². The topological polar surface area (TPSA) is 74.6 Å². The number of hydrogen-bond acceptors (Lipinski definition) is 2. The molecular weight excluding hydrogens is 280 g/mol. The van der Waals surface area contributed by atoms with Crippen LogP contribution in [0.15, 0.2) is 42.5 Å². The van der Waals surface area contributed by atoms with E-state index in [1.807, 2.05) is 26.0 Å². The van der Waals surface area contributed by atoms with Gasteiger partial charge in [-0.15, -0.1) is 0 Å². The average Bonchev–Trinajstić information content (AvgIpc) is 2.47. The van der Waals surface area contributed by atoms with Gasteiger partial charge in [0.1, 0.15) is 0 Å². The Kier molecular flexibility index (Phi) is 4.41. The molecule has 22 heavy (non-hydrogen) atoms. The fourth-order valence-corrected chi connectivity index (χ4v) is 2.25. The third-order valence-corrected chi connectivity index (χ3v) is 3.40. The summed E-state index contributed by atoms with van der Waals surface area (Å²) < 4.78 is 0. The fourth-order valence-electron chi connectivity index (χ4n) is 2.25. The number of rotatable bonds is 4. The molecule has 2 aromatic rings. The van der Waals surface area contributed by atoms with Crippen LogP contribution in [0, 0.1) is 13.8 Å². The lowest BCUT2D eigenvalue weighted by Gasteiger charge is -2.09. The molecular formula is C18H16O4. The van der Waals surface area contributed by atoms with Crippen LogP contribution in [0.25, 0.3) is 11.6 Å².